The number of benzene rings is 1. The zero-order valence-electron chi connectivity index (χ0n) is 21.3. The first-order valence-corrected chi connectivity index (χ1v) is 12.6. The number of aryl methyl sites for hydroxylation is 1. The molecule has 0 atom stereocenters. The molecule has 5 aromatic rings. The van der Waals surface area contributed by atoms with Gasteiger partial charge in [0.25, 0.3) is 0 Å². The lowest BCUT2D eigenvalue weighted by molar-refractivity contribution is -0.117. The summed E-state index contributed by atoms with van der Waals surface area (Å²) < 4.78 is 7.77. The Hall–Kier alpha value is -5.13. The highest BCUT2D eigenvalue weighted by molar-refractivity contribution is 5.87. The fourth-order valence-electron chi connectivity index (χ4n) is 4.54. The minimum Gasteiger partial charge on any atom is -0.457 e. The van der Waals surface area contributed by atoms with E-state index in [2.05, 4.69) is 47.1 Å². The van der Waals surface area contributed by atoms with Crippen molar-refractivity contribution in [3.8, 4) is 11.5 Å². The number of carbonyl (C=O) groups is 1. The van der Waals surface area contributed by atoms with Gasteiger partial charge in [-0.05, 0) is 55.7 Å². The summed E-state index contributed by atoms with van der Waals surface area (Å²) in [6.07, 6.45) is 9.42. The SMILES string of the molecule is C=CC(=O)NC1CCN(c2ncc3ncnc(Nc4ccc(Oc5ccn6ncnc6c5)c(C)c4)c3n2)CC1. The number of hydrogen-bond donors (Lipinski definition) is 2. The molecule has 1 amide bonds. The minimum atomic E-state index is -0.147. The van der Waals surface area contributed by atoms with Crippen LogP contribution in [-0.2, 0) is 4.79 Å². The van der Waals surface area contributed by atoms with Gasteiger partial charge in [-0.3, -0.25) is 4.79 Å². The van der Waals surface area contributed by atoms with Gasteiger partial charge in [0, 0.05) is 37.1 Å². The van der Waals surface area contributed by atoms with Gasteiger partial charge in [0.05, 0.1) is 6.20 Å². The molecule has 5 heterocycles. The molecule has 12 heteroatoms. The quantitative estimate of drug-likeness (QED) is 0.305. The van der Waals surface area contributed by atoms with Gasteiger partial charge in [-0.2, -0.15) is 5.10 Å². The van der Waals surface area contributed by atoms with Crippen molar-refractivity contribution in [2.75, 3.05) is 23.3 Å². The van der Waals surface area contributed by atoms with Gasteiger partial charge in [-0.25, -0.2) is 29.4 Å². The first-order valence-electron chi connectivity index (χ1n) is 12.6. The van der Waals surface area contributed by atoms with E-state index in [1.165, 1.54) is 18.7 Å². The maximum atomic E-state index is 11.6. The number of aromatic nitrogens is 7. The summed E-state index contributed by atoms with van der Waals surface area (Å²) in [5, 5.41) is 10.4. The lowest BCUT2D eigenvalue weighted by Gasteiger charge is -2.32. The van der Waals surface area contributed by atoms with Crippen molar-refractivity contribution in [1.29, 1.82) is 0 Å². The van der Waals surface area contributed by atoms with Crippen molar-refractivity contribution in [3.05, 3.63) is 73.6 Å². The number of nitrogens with zero attached hydrogens (tertiary/aromatic N) is 8. The lowest BCUT2D eigenvalue weighted by Crippen LogP contribution is -2.44. The number of fused-ring (bicyclic) bond motifs is 2. The second-order valence-corrected chi connectivity index (χ2v) is 9.23. The largest absolute Gasteiger partial charge is 0.457 e. The number of pyridine rings is 1. The molecule has 4 aromatic heterocycles. The van der Waals surface area contributed by atoms with Gasteiger partial charge < -0.3 is 20.3 Å². The van der Waals surface area contributed by atoms with Crippen LogP contribution in [0.2, 0.25) is 0 Å². The van der Waals surface area contributed by atoms with Crippen LogP contribution in [-0.4, -0.2) is 59.6 Å². The van der Waals surface area contributed by atoms with E-state index in [4.69, 9.17) is 9.72 Å². The standard InChI is InChI=1S/C27H26N10O2/c1-3-24(38)33-18-6-9-36(10-7-18)27-28-14-21-25(35-27)26(31-15-29-21)34-19-4-5-22(17(2)12-19)39-20-8-11-37-23(13-20)30-16-32-37/h3-5,8,11-16,18H,1,6-7,9-10H2,2H3,(H,33,38)(H,29,31,34). The highest BCUT2D eigenvalue weighted by Crippen LogP contribution is 2.30. The molecule has 1 aliphatic rings. The average molecular weight is 523 g/mol. The normalized spacial score (nSPS) is 13.9. The Balaban J connectivity index is 1.18. The minimum absolute atomic E-state index is 0.119. The maximum absolute atomic E-state index is 11.6. The molecule has 0 bridgehead atoms. The monoisotopic (exact) mass is 522 g/mol. The highest BCUT2D eigenvalue weighted by atomic mass is 16.5. The average Bonchev–Trinajstić information content (AvgIpc) is 3.43. The van der Waals surface area contributed by atoms with Crippen LogP contribution in [0, 0.1) is 6.92 Å². The molecule has 1 saturated heterocycles. The summed E-state index contributed by atoms with van der Waals surface area (Å²) in [6.45, 7) is 6.96. The Morgan fingerprint density at radius 1 is 1.10 bits per heavy atom. The zero-order chi connectivity index (χ0) is 26.8. The topological polar surface area (TPSA) is 135 Å². The summed E-state index contributed by atoms with van der Waals surface area (Å²) in [7, 11) is 0. The van der Waals surface area contributed by atoms with Crippen LogP contribution in [0.5, 0.6) is 11.5 Å². The molecule has 6 rings (SSSR count). The number of amides is 1. The Bertz CT molecular complexity index is 1680. The van der Waals surface area contributed by atoms with Crippen LogP contribution in [0.25, 0.3) is 16.7 Å². The molecule has 0 aliphatic carbocycles. The van der Waals surface area contributed by atoms with Crippen LogP contribution < -0.4 is 20.3 Å². The smallest absolute Gasteiger partial charge is 0.243 e. The van der Waals surface area contributed by atoms with Crippen molar-refractivity contribution in [3.63, 3.8) is 0 Å². The summed E-state index contributed by atoms with van der Waals surface area (Å²) in [6, 6.07) is 9.62. The third-order valence-corrected chi connectivity index (χ3v) is 6.59. The molecule has 0 spiro atoms. The number of carbonyl (C=O) groups excluding carboxylic acids is 1. The van der Waals surface area contributed by atoms with Gasteiger partial charge in [0.2, 0.25) is 11.9 Å². The Kier molecular flexibility index (Phi) is 6.41. The molecule has 1 aliphatic heterocycles. The predicted octanol–water partition coefficient (Wildman–Crippen LogP) is 3.58. The van der Waals surface area contributed by atoms with E-state index in [0.717, 1.165) is 42.9 Å². The molecule has 0 unspecified atom stereocenters. The van der Waals surface area contributed by atoms with E-state index >= 15 is 0 Å². The number of anilines is 3. The Labute approximate surface area is 223 Å². The van der Waals surface area contributed by atoms with Crippen molar-refractivity contribution in [1.82, 2.24) is 39.9 Å². The Morgan fingerprint density at radius 2 is 1.97 bits per heavy atom. The van der Waals surface area contributed by atoms with Crippen LogP contribution in [0.15, 0.2) is 68.0 Å². The summed E-state index contributed by atoms with van der Waals surface area (Å²) in [5.74, 6) is 2.46. The third kappa shape index (κ3) is 5.17. The maximum Gasteiger partial charge on any atom is 0.243 e. The van der Waals surface area contributed by atoms with Gasteiger partial charge >= 0.3 is 0 Å². The summed E-state index contributed by atoms with van der Waals surface area (Å²) in [4.78, 5) is 36.0. The van der Waals surface area contributed by atoms with Crippen LogP contribution in [0.3, 0.4) is 0 Å². The van der Waals surface area contributed by atoms with E-state index in [9.17, 15) is 4.79 Å². The lowest BCUT2D eigenvalue weighted by atomic mass is 10.1. The van der Waals surface area contributed by atoms with Crippen molar-refractivity contribution in [2.24, 2.45) is 0 Å². The van der Waals surface area contributed by atoms with E-state index in [0.29, 0.717) is 34.2 Å². The number of hydrogen-bond acceptors (Lipinski definition) is 10. The fourth-order valence-corrected chi connectivity index (χ4v) is 4.54. The molecule has 39 heavy (non-hydrogen) atoms. The third-order valence-electron chi connectivity index (χ3n) is 6.59. The number of ether oxygens (including phenoxy) is 1. The zero-order valence-corrected chi connectivity index (χ0v) is 21.3. The van der Waals surface area contributed by atoms with Gasteiger partial charge in [0.1, 0.15) is 35.2 Å². The number of nitrogens with one attached hydrogen (secondary N) is 2. The summed E-state index contributed by atoms with van der Waals surface area (Å²) in [5.41, 5.74) is 3.77. The number of piperidine rings is 1. The van der Waals surface area contributed by atoms with Gasteiger partial charge in [-0.15, -0.1) is 0 Å². The molecule has 0 saturated carbocycles. The van der Waals surface area contributed by atoms with Crippen molar-refractivity contribution < 1.29 is 9.53 Å². The molecular weight excluding hydrogens is 496 g/mol. The second kappa shape index (κ2) is 10.3. The Morgan fingerprint density at radius 3 is 2.79 bits per heavy atom. The summed E-state index contributed by atoms with van der Waals surface area (Å²) >= 11 is 0. The molecule has 196 valence electrons. The van der Waals surface area contributed by atoms with Gasteiger partial charge in [0.15, 0.2) is 11.5 Å². The van der Waals surface area contributed by atoms with Crippen molar-refractivity contribution >= 4 is 40.0 Å². The second-order valence-electron chi connectivity index (χ2n) is 9.23. The molecular formula is C27H26N10O2. The molecule has 1 fully saturated rings. The number of rotatable bonds is 7. The molecule has 1 aromatic carbocycles. The van der Waals surface area contributed by atoms with Gasteiger partial charge in [-0.1, -0.05) is 6.58 Å². The van der Waals surface area contributed by atoms with E-state index in [1.54, 1.807) is 10.7 Å². The highest BCUT2D eigenvalue weighted by Gasteiger charge is 2.22. The molecule has 0 radical (unpaired) electrons. The fraction of sp³-hybridized carbons (Fsp3) is 0.222. The van der Waals surface area contributed by atoms with Crippen LogP contribution in [0.1, 0.15) is 18.4 Å². The first kappa shape index (κ1) is 24.2. The molecule has 2 N–H and O–H groups in total. The predicted molar refractivity (Wildman–Crippen MR) is 146 cm³/mol. The van der Waals surface area contributed by atoms with Crippen molar-refractivity contribution in [2.45, 2.75) is 25.8 Å². The van der Waals surface area contributed by atoms with E-state index < -0.39 is 0 Å². The first-order chi connectivity index (χ1) is 19.1. The van der Waals surface area contributed by atoms with Crippen LogP contribution in [0.4, 0.5) is 17.5 Å². The van der Waals surface area contributed by atoms with Crippen LogP contribution >= 0.6 is 0 Å². The molecule has 12 nitrogen and oxygen atoms in total. The van der Waals surface area contributed by atoms with E-state index in [1.807, 2.05) is 43.5 Å². The van der Waals surface area contributed by atoms with E-state index in [-0.39, 0.29) is 11.9 Å².